The summed E-state index contributed by atoms with van der Waals surface area (Å²) in [5.74, 6) is -0.487. The van der Waals surface area contributed by atoms with Crippen molar-refractivity contribution in [2.45, 2.75) is 51.2 Å². The summed E-state index contributed by atoms with van der Waals surface area (Å²) in [6.07, 6.45) is -12.1. The summed E-state index contributed by atoms with van der Waals surface area (Å²) < 4.78 is 97.4. The second-order valence-corrected chi connectivity index (χ2v) is 10.9. The number of hydrogen-bond donors (Lipinski definition) is 1. The molecular weight excluding hydrogens is 626 g/mol. The highest BCUT2D eigenvalue weighted by Crippen LogP contribution is 2.45. The van der Waals surface area contributed by atoms with Crippen molar-refractivity contribution in [3.05, 3.63) is 58.1 Å². The maximum atomic E-state index is 13.6. The van der Waals surface area contributed by atoms with Crippen molar-refractivity contribution in [1.82, 2.24) is 15.1 Å². The topological polar surface area (TPSA) is 101 Å². The largest absolute Gasteiger partial charge is 0.496 e. The van der Waals surface area contributed by atoms with Crippen LogP contribution in [-0.2, 0) is 28.4 Å². The Bertz CT molecular complexity index is 1400. The van der Waals surface area contributed by atoms with Crippen molar-refractivity contribution in [2.75, 3.05) is 52.9 Å². The third-order valence-electron chi connectivity index (χ3n) is 7.31. The van der Waals surface area contributed by atoms with Crippen LogP contribution in [0.5, 0.6) is 5.75 Å². The molecular formula is C30H36F6N4O6. The third kappa shape index (κ3) is 8.33. The van der Waals surface area contributed by atoms with Crippen LogP contribution in [0.1, 0.15) is 58.9 Å². The minimum atomic E-state index is -5.11. The first kappa shape index (κ1) is 36.3. The van der Waals surface area contributed by atoms with Crippen LogP contribution in [0.25, 0.3) is 0 Å². The minimum absolute atomic E-state index is 0.00531. The van der Waals surface area contributed by atoms with Gasteiger partial charge in [-0.3, -0.25) is 14.6 Å². The Morgan fingerprint density at radius 2 is 1.59 bits per heavy atom. The number of rotatable bonds is 9. The fourth-order valence-corrected chi connectivity index (χ4v) is 5.18. The molecule has 0 bridgehead atoms. The highest BCUT2D eigenvalue weighted by molar-refractivity contribution is 5.99. The first-order valence-corrected chi connectivity index (χ1v) is 14.2. The van der Waals surface area contributed by atoms with E-state index in [1.807, 2.05) is 19.0 Å². The number of carbonyl (C=O) groups excluding carboxylic acids is 3. The summed E-state index contributed by atoms with van der Waals surface area (Å²) >= 11 is 0. The predicted octanol–water partition coefficient (Wildman–Crippen LogP) is 6.09. The molecule has 3 amide bonds. The molecule has 0 spiro atoms. The Labute approximate surface area is 262 Å². The number of nitrogens with zero attached hydrogens (tertiary/aromatic N) is 3. The van der Waals surface area contributed by atoms with Crippen LogP contribution in [0.3, 0.4) is 0 Å². The number of halogens is 6. The monoisotopic (exact) mass is 662 g/mol. The molecule has 1 aliphatic heterocycles. The van der Waals surface area contributed by atoms with Crippen LogP contribution in [-0.4, -0.2) is 81.9 Å². The Balaban J connectivity index is 2.23. The average molecular weight is 663 g/mol. The molecule has 1 N–H and O–H groups in total. The minimum Gasteiger partial charge on any atom is -0.496 e. The van der Waals surface area contributed by atoms with Crippen molar-refractivity contribution in [1.29, 1.82) is 0 Å². The second kappa shape index (κ2) is 14.5. The van der Waals surface area contributed by atoms with Crippen LogP contribution in [0.4, 0.5) is 41.6 Å². The number of ether oxygens (including phenoxy) is 3. The lowest BCUT2D eigenvalue weighted by molar-refractivity contribution is -0.143. The highest BCUT2D eigenvalue weighted by Gasteiger charge is 2.42. The summed E-state index contributed by atoms with van der Waals surface area (Å²) in [7, 11) is 5.94. The number of benzene rings is 2. The molecule has 0 unspecified atom stereocenters. The zero-order valence-corrected chi connectivity index (χ0v) is 26.1. The lowest BCUT2D eigenvalue weighted by atomic mass is 9.88. The molecule has 1 heterocycles. The highest BCUT2D eigenvalue weighted by atomic mass is 19.4. The van der Waals surface area contributed by atoms with Gasteiger partial charge in [0.2, 0.25) is 0 Å². The molecule has 1 aliphatic rings. The summed E-state index contributed by atoms with van der Waals surface area (Å²) in [6, 6.07) is 2.06. The second-order valence-electron chi connectivity index (χ2n) is 10.9. The molecule has 0 fully saturated rings. The summed E-state index contributed by atoms with van der Waals surface area (Å²) in [5.41, 5.74) is -3.18. The van der Waals surface area contributed by atoms with E-state index in [9.17, 15) is 40.7 Å². The van der Waals surface area contributed by atoms with Gasteiger partial charge in [-0.25, -0.2) is 9.59 Å². The van der Waals surface area contributed by atoms with Crippen LogP contribution in [0, 0.1) is 0 Å². The van der Waals surface area contributed by atoms with Crippen molar-refractivity contribution in [3.63, 3.8) is 0 Å². The van der Waals surface area contributed by atoms with Gasteiger partial charge in [0.15, 0.2) is 0 Å². The molecule has 0 saturated carbocycles. The van der Waals surface area contributed by atoms with Crippen LogP contribution in [0.2, 0.25) is 0 Å². The number of anilines is 1. The molecule has 254 valence electrons. The fraction of sp³-hybridized carbons (Fsp3) is 0.500. The van der Waals surface area contributed by atoms with E-state index < -0.39 is 65.8 Å². The standard InChI is InChI=1S/C30H36F6N4O6/c1-7-46-28(43)40-17(2)10-23(21-14-22(25(44-5)15-24(21)40)26(41)37-8-9-38(3)4)39(27(42)45-6)16-18-11-19(29(31,32)33)13-20(12-18)30(34,35)36/h11-15,17,23H,7-10,16H2,1-6H3,(H,37,41)/t17-,23+/m0/s1. The maximum absolute atomic E-state index is 13.6. The number of alkyl halides is 6. The number of carbonyl (C=O) groups is 3. The van der Waals surface area contributed by atoms with Gasteiger partial charge in [-0.05, 0) is 69.8 Å². The number of methoxy groups -OCH3 is 2. The first-order chi connectivity index (χ1) is 21.4. The number of fused-ring (bicyclic) bond motifs is 1. The van der Waals surface area contributed by atoms with E-state index in [1.165, 1.54) is 24.1 Å². The smallest absolute Gasteiger partial charge is 0.416 e. The third-order valence-corrected chi connectivity index (χ3v) is 7.31. The Morgan fingerprint density at radius 3 is 2.09 bits per heavy atom. The van der Waals surface area contributed by atoms with Gasteiger partial charge < -0.3 is 24.4 Å². The molecule has 46 heavy (non-hydrogen) atoms. The molecule has 0 saturated heterocycles. The van der Waals surface area contributed by atoms with Gasteiger partial charge in [0, 0.05) is 31.7 Å². The van der Waals surface area contributed by atoms with Crippen LogP contribution < -0.4 is 15.0 Å². The molecule has 2 aromatic rings. The van der Waals surface area contributed by atoms with Gasteiger partial charge in [0.05, 0.1) is 49.2 Å². The van der Waals surface area contributed by atoms with Gasteiger partial charge in [-0.1, -0.05) is 0 Å². The van der Waals surface area contributed by atoms with E-state index in [0.29, 0.717) is 18.7 Å². The summed E-state index contributed by atoms with van der Waals surface area (Å²) in [6.45, 7) is 3.28. The Hall–Kier alpha value is -4.21. The number of likely N-dealkylation sites (N-methyl/N-ethyl adjacent to an activating group) is 1. The lowest BCUT2D eigenvalue weighted by Gasteiger charge is -2.42. The Morgan fingerprint density at radius 1 is 0.978 bits per heavy atom. The molecule has 3 rings (SSSR count). The average Bonchev–Trinajstić information content (AvgIpc) is 2.97. The quantitative estimate of drug-likeness (QED) is 0.325. The summed E-state index contributed by atoms with van der Waals surface area (Å²) in [5, 5.41) is 2.75. The number of amides is 3. The lowest BCUT2D eigenvalue weighted by Crippen LogP contribution is -2.48. The van der Waals surface area contributed by atoms with Gasteiger partial charge in [-0.2, -0.15) is 26.3 Å². The molecule has 0 radical (unpaired) electrons. The molecule has 0 aromatic heterocycles. The number of nitrogens with one attached hydrogen (secondary N) is 1. The van der Waals surface area contributed by atoms with E-state index in [-0.39, 0.29) is 48.2 Å². The molecule has 2 aromatic carbocycles. The van der Waals surface area contributed by atoms with E-state index >= 15 is 0 Å². The van der Waals surface area contributed by atoms with Crippen molar-refractivity contribution in [3.8, 4) is 5.75 Å². The summed E-state index contributed by atoms with van der Waals surface area (Å²) in [4.78, 5) is 43.6. The van der Waals surface area contributed by atoms with E-state index in [0.717, 1.165) is 12.0 Å². The predicted molar refractivity (Wildman–Crippen MR) is 155 cm³/mol. The number of hydrogen-bond acceptors (Lipinski definition) is 7. The molecule has 10 nitrogen and oxygen atoms in total. The van der Waals surface area contributed by atoms with Crippen LogP contribution >= 0.6 is 0 Å². The molecule has 0 aliphatic carbocycles. The van der Waals surface area contributed by atoms with E-state index in [2.05, 4.69) is 5.32 Å². The fourth-order valence-electron chi connectivity index (χ4n) is 5.18. The van der Waals surface area contributed by atoms with Gasteiger partial charge >= 0.3 is 24.5 Å². The first-order valence-electron chi connectivity index (χ1n) is 14.2. The normalized spacial score (nSPS) is 16.5. The van der Waals surface area contributed by atoms with Crippen molar-refractivity contribution < 1.29 is 54.9 Å². The SMILES string of the molecule is CCOC(=O)N1c2cc(OC)c(C(=O)NCCN(C)C)cc2[C@H](N(Cc2cc(C(F)(F)F)cc(C(F)(F)F)c2)C(=O)OC)C[C@@H]1C. The van der Waals surface area contributed by atoms with E-state index in [1.54, 1.807) is 13.8 Å². The van der Waals surface area contributed by atoms with Gasteiger partial charge in [0.1, 0.15) is 5.75 Å². The van der Waals surface area contributed by atoms with E-state index in [4.69, 9.17) is 14.2 Å². The molecule has 2 atom stereocenters. The van der Waals surface area contributed by atoms with Gasteiger partial charge in [-0.15, -0.1) is 0 Å². The van der Waals surface area contributed by atoms with Crippen LogP contribution in [0.15, 0.2) is 30.3 Å². The van der Waals surface area contributed by atoms with Gasteiger partial charge in [0.25, 0.3) is 5.91 Å². The Kier molecular flexibility index (Phi) is 11.4. The zero-order valence-electron chi connectivity index (χ0n) is 26.1. The maximum Gasteiger partial charge on any atom is 0.416 e. The van der Waals surface area contributed by atoms with Crippen molar-refractivity contribution in [2.24, 2.45) is 0 Å². The van der Waals surface area contributed by atoms with Crippen molar-refractivity contribution >= 4 is 23.8 Å². The molecule has 16 heteroatoms. The zero-order chi connectivity index (χ0) is 34.6.